The Morgan fingerprint density at radius 3 is 2.67 bits per heavy atom. The van der Waals surface area contributed by atoms with Gasteiger partial charge in [0.1, 0.15) is 5.78 Å². The van der Waals surface area contributed by atoms with Gasteiger partial charge in [0.05, 0.1) is 13.7 Å². The van der Waals surface area contributed by atoms with Crippen LogP contribution in [-0.2, 0) is 14.6 Å². The van der Waals surface area contributed by atoms with Crippen LogP contribution in [-0.4, -0.2) is 19.5 Å². The number of Topliss-reactive ketones (excluding diaryl/α,β-unsaturated/α-hetero) is 1. The van der Waals surface area contributed by atoms with Crippen molar-refractivity contribution in [2.75, 3.05) is 13.7 Å². The molecule has 0 saturated carbocycles. The van der Waals surface area contributed by atoms with Crippen LogP contribution in [0.2, 0.25) is 0 Å². The summed E-state index contributed by atoms with van der Waals surface area (Å²) in [5, 5.41) is 0. The summed E-state index contributed by atoms with van der Waals surface area (Å²) in [6.07, 6.45) is 1.03. The van der Waals surface area contributed by atoms with Crippen LogP contribution in [0.3, 0.4) is 0 Å². The van der Waals surface area contributed by atoms with Crippen molar-refractivity contribution in [2.45, 2.75) is 19.8 Å². The van der Waals surface area contributed by atoms with Crippen LogP contribution < -0.4 is 0 Å². The van der Waals surface area contributed by atoms with Crippen molar-refractivity contribution < 1.29 is 14.6 Å². The average molecular weight is 132 g/mol. The fourth-order valence-electron chi connectivity index (χ4n) is 0.416. The summed E-state index contributed by atoms with van der Waals surface area (Å²) >= 11 is 0. The molecule has 0 unspecified atom stereocenters. The molecule has 0 N–H and O–H groups in total. The smallest absolute Gasteiger partial charge is 0.135 e. The van der Waals surface area contributed by atoms with Crippen molar-refractivity contribution in [3.8, 4) is 0 Å². The molecule has 0 fully saturated rings. The Bertz CT molecular complexity index is 80.4. The fraction of sp³-hybridized carbons (Fsp3) is 0.833. The highest BCUT2D eigenvalue weighted by Crippen LogP contribution is 1.88. The maximum Gasteiger partial charge on any atom is 0.135 e. The van der Waals surface area contributed by atoms with Gasteiger partial charge >= 0.3 is 0 Å². The zero-order valence-corrected chi connectivity index (χ0v) is 5.85. The zero-order valence-electron chi connectivity index (χ0n) is 5.85. The molecule has 0 amide bonds. The average Bonchev–Trinajstić information content (AvgIpc) is 1.89. The molecule has 0 aliphatic carbocycles. The molecule has 54 valence electrons. The third-order valence-corrected chi connectivity index (χ3v) is 0.976. The van der Waals surface area contributed by atoms with Crippen LogP contribution in [0.5, 0.6) is 0 Å². The lowest BCUT2D eigenvalue weighted by molar-refractivity contribution is -0.271. The van der Waals surface area contributed by atoms with E-state index >= 15 is 0 Å². The van der Waals surface area contributed by atoms with Gasteiger partial charge in [0.2, 0.25) is 0 Å². The molecular formula is C6H12O3. The lowest BCUT2D eigenvalue weighted by atomic mass is 10.2. The van der Waals surface area contributed by atoms with E-state index in [-0.39, 0.29) is 5.78 Å². The molecule has 0 aliphatic heterocycles. The highest BCUT2D eigenvalue weighted by Gasteiger charge is 1.96. The normalized spacial score (nSPS) is 9.56. The van der Waals surface area contributed by atoms with Gasteiger partial charge in [0.25, 0.3) is 0 Å². The molecule has 0 aromatic carbocycles. The molecule has 0 atom stereocenters. The van der Waals surface area contributed by atoms with Crippen LogP contribution in [0.25, 0.3) is 0 Å². The van der Waals surface area contributed by atoms with E-state index in [1.54, 1.807) is 0 Å². The summed E-state index contributed by atoms with van der Waals surface area (Å²) in [6.45, 7) is 2.19. The molecule has 0 aliphatic rings. The van der Waals surface area contributed by atoms with Gasteiger partial charge in [-0.25, -0.2) is 9.78 Å². The van der Waals surface area contributed by atoms with Gasteiger partial charge < -0.3 is 0 Å². The molecule has 0 rings (SSSR count). The molecule has 0 bridgehead atoms. The summed E-state index contributed by atoms with van der Waals surface area (Å²) in [5.41, 5.74) is 0. The summed E-state index contributed by atoms with van der Waals surface area (Å²) < 4.78 is 0. The van der Waals surface area contributed by atoms with Crippen molar-refractivity contribution in [3.05, 3.63) is 0 Å². The topological polar surface area (TPSA) is 35.5 Å². The first kappa shape index (κ1) is 8.59. The lowest BCUT2D eigenvalue weighted by Gasteiger charge is -1.95. The van der Waals surface area contributed by atoms with Crippen LogP contribution >= 0.6 is 0 Å². The summed E-state index contributed by atoms with van der Waals surface area (Å²) in [6, 6.07) is 0. The maximum atomic E-state index is 10.6. The fourth-order valence-corrected chi connectivity index (χ4v) is 0.416. The van der Waals surface area contributed by atoms with E-state index in [1.165, 1.54) is 7.11 Å². The first-order chi connectivity index (χ1) is 4.31. The minimum Gasteiger partial charge on any atom is -0.300 e. The Kier molecular flexibility index (Phi) is 5.46. The number of carbonyl (C=O) groups is 1. The minimum atomic E-state index is 0.201. The molecule has 0 heterocycles. The van der Waals surface area contributed by atoms with Crippen molar-refractivity contribution in [2.24, 2.45) is 0 Å². The molecule has 0 aromatic rings. The Morgan fingerprint density at radius 1 is 1.56 bits per heavy atom. The van der Waals surface area contributed by atoms with E-state index in [2.05, 4.69) is 9.78 Å². The van der Waals surface area contributed by atoms with Crippen molar-refractivity contribution in [1.82, 2.24) is 0 Å². The van der Waals surface area contributed by atoms with E-state index in [9.17, 15) is 4.79 Å². The highest BCUT2D eigenvalue weighted by atomic mass is 17.2. The standard InChI is InChI=1S/C6H12O3/c1-3-6(7)4-5-9-8-2/h3-5H2,1-2H3. The number of rotatable bonds is 5. The Balaban J connectivity index is 2.97. The van der Waals surface area contributed by atoms with Crippen LogP contribution in [0.1, 0.15) is 19.8 Å². The zero-order chi connectivity index (χ0) is 7.11. The molecule has 0 radical (unpaired) electrons. The molecule has 0 aromatic heterocycles. The summed E-state index contributed by atoms with van der Waals surface area (Å²) in [7, 11) is 1.43. The predicted octanol–water partition coefficient (Wildman–Crippen LogP) is 0.934. The second-order valence-electron chi connectivity index (χ2n) is 1.63. The van der Waals surface area contributed by atoms with Gasteiger partial charge in [-0.3, -0.25) is 4.79 Å². The van der Waals surface area contributed by atoms with Gasteiger partial charge in [-0.1, -0.05) is 6.92 Å². The molecule has 0 spiro atoms. The van der Waals surface area contributed by atoms with Crippen molar-refractivity contribution in [3.63, 3.8) is 0 Å². The molecule has 0 saturated heterocycles. The summed E-state index contributed by atoms with van der Waals surface area (Å²) in [4.78, 5) is 19.3. The first-order valence-electron chi connectivity index (χ1n) is 2.98. The lowest BCUT2D eigenvalue weighted by Crippen LogP contribution is -2.01. The van der Waals surface area contributed by atoms with E-state index in [0.29, 0.717) is 19.4 Å². The van der Waals surface area contributed by atoms with E-state index in [0.717, 1.165) is 0 Å². The second kappa shape index (κ2) is 5.72. The quantitative estimate of drug-likeness (QED) is 0.317. The summed E-state index contributed by atoms with van der Waals surface area (Å²) in [5.74, 6) is 0.201. The van der Waals surface area contributed by atoms with Crippen LogP contribution in [0, 0.1) is 0 Å². The Morgan fingerprint density at radius 2 is 2.22 bits per heavy atom. The third kappa shape index (κ3) is 5.46. The van der Waals surface area contributed by atoms with E-state index in [1.807, 2.05) is 6.92 Å². The maximum absolute atomic E-state index is 10.6. The number of ketones is 1. The molecular weight excluding hydrogens is 120 g/mol. The Labute approximate surface area is 54.9 Å². The Hall–Kier alpha value is -0.410. The van der Waals surface area contributed by atoms with Gasteiger partial charge in [0.15, 0.2) is 0 Å². The van der Waals surface area contributed by atoms with Gasteiger partial charge in [-0.2, -0.15) is 0 Å². The number of hydrogen-bond donors (Lipinski definition) is 0. The molecule has 9 heavy (non-hydrogen) atoms. The monoisotopic (exact) mass is 132 g/mol. The number of carbonyl (C=O) groups excluding carboxylic acids is 1. The third-order valence-electron chi connectivity index (χ3n) is 0.976. The SMILES string of the molecule is CCC(=O)CCOOC. The second-order valence-corrected chi connectivity index (χ2v) is 1.63. The van der Waals surface area contributed by atoms with Crippen LogP contribution in [0.4, 0.5) is 0 Å². The van der Waals surface area contributed by atoms with Gasteiger partial charge in [-0.05, 0) is 0 Å². The van der Waals surface area contributed by atoms with E-state index in [4.69, 9.17) is 0 Å². The van der Waals surface area contributed by atoms with Crippen molar-refractivity contribution in [1.29, 1.82) is 0 Å². The minimum absolute atomic E-state index is 0.201. The molecule has 3 nitrogen and oxygen atoms in total. The predicted molar refractivity (Wildman–Crippen MR) is 32.9 cm³/mol. The van der Waals surface area contributed by atoms with Crippen LogP contribution in [0.15, 0.2) is 0 Å². The largest absolute Gasteiger partial charge is 0.300 e. The van der Waals surface area contributed by atoms with E-state index < -0.39 is 0 Å². The first-order valence-corrected chi connectivity index (χ1v) is 2.98. The van der Waals surface area contributed by atoms with Gasteiger partial charge in [0, 0.05) is 12.8 Å². The highest BCUT2D eigenvalue weighted by molar-refractivity contribution is 5.78. The molecule has 3 heteroatoms. The van der Waals surface area contributed by atoms with Crippen molar-refractivity contribution >= 4 is 5.78 Å². The van der Waals surface area contributed by atoms with Gasteiger partial charge in [-0.15, -0.1) is 0 Å². The number of hydrogen-bond acceptors (Lipinski definition) is 3.